The molecule has 1 N–H and O–H groups in total. The predicted molar refractivity (Wildman–Crippen MR) is 151 cm³/mol. The van der Waals surface area contributed by atoms with E-state index in [0.717, 1.165) is 16.8 Å². The lowest BCUT2D eigenvalue weighted by Crippen LogP contribution is -2.36. The molecule has 6 rings (SSSR count). The number of aliphatic hydroxyl groups is 1. The van der Waals surface area contributed by atoms with Crippen molar-refractivity contribution in [1.82, 2.24) is 18.8 Å². The molecule has 1 amide bonds. The van der Waals surface area contributed by atoms with E-state index >= 15 is 0 Å². The van der Waals surface area contributed by atoms with Crippen LogP contribution in [0.15, 0.2) is 77.1 Å². The van der Waals surface area contributed by atoms with Crippen LogP contribution in [0, 0.1) is 13.8 Å². The zero-order valence-corrected chi connectivity index (χ0v) is 23.3. The molecule has 8 nitrogen and oxygen atoms in total. The first-order valence-corrected chi connectivity index (χ1v) is 14.8. The number of aryl methyl sites for hydroxylation is 2. The molecule has 2 aromatic carbocycles. The van der Waals surface area contributed by atoms with Crippen LogP contribution in [-0.4, -0.2) is 51.9 Å². The third-order valence-electron chi connectivity index (χ3n) is 7.21. The van der Waals surface area contributed by atoms with Gasteiger partial charge in [-0.2, -0.15) is 0 Å². The summed E-state index contributed by atoms with van der Waals surface area (Å²) in [4.78, 5) is 23.8. The number of thiazole rings is 1. The summed E-state index contributed by atoms with van der Waals surface area (Å²) < 4.78 is 28.5. The fourth-order valence-electron chi connectivity index (χ4n) is 4.94. The maximum Gasteiger partial charge on any atom is 0.268 e. The molecule has 1 aliphatic rings. The molecule has 4 heterocycles. The summed E-state index contributed by atoms with van der Waals surface area (Å²) in [7, 11) is -2.19. The summed E-state index contributed by atoms with van der Waals surface area (Å²) in [6.07, 6.45) is 1.91. The number of aromatic nitrogens is 3. The van der Waals surface area contributed by atoms with Crippen molar-refractivity contribution in [2.45, 2.75) is 30.8 Å². The molecule has 1 fully saturated rings. The number of benzene rings is 2. The first kappa shape index (κ1) is 25.4. The van der Waals surface area contributed by atoms with Gasteiger partial charge in [0.2, 0.25) is 0 Å². The molecule has 0 radical (unpaired) electrons. The van der Waals surface area contributed by atoms with Gasteiger partial charge in [-0.15, -0.1) is 11.3 Å². The summed E-state index contributed by atoms with van der Waals surface area (Å²) in [6, 6.07) is 17.5. The van der Waals surface area contributed by atoms with Crippen molar-refractivity contribution in [1.29, 1.82) is 0 Å². The van der Waals surface area contributed by atoms with E-state index in [1.807, 2.05) is 25.3 Å². The van der Waals surface area contributed by atoms with Crippen molar-refractivity contribution >= 4 is 38.3 Å². The molecular formula is C29H26N4O4S2. The van der Waals surface area contributed by atoms with Crippen molar-refractivity contribution in [2.24, 2.45) is 0 Å². The van der Waals surface area contributed by atoms with Crippen molar-refractivity contribution < 1.29 is 18.3 Å². The minimum atomic E-state index is -3.87. The fraction of sp³-hybridized carbons (Fsp3) is 0.207. The Labute approximate surface area is 230 Å². The number of pyridine rings is 1. The summed E-state index contributed by atoms with van der Waals surface area (Å²) in [5, 5.41) is 13.6. The van der Waals surface area contributed by atoms with Gasteiger partial charge in [0.1, 0.15) is 5.01 Å². The van der Waals surface area contributed by atoms with E-state index < -0.39 is 15.6 Å². The number of nitrogens with zero attached hydrogens (tertiary/aromatic N) is 4. The highest BCUT2D eigenvalue weighted by atomic mass is 32.2. The Kier molecular flexibility index (Phi) is 5.94. The summed E-state index contributed by atoms with van der Waals surface area (Å²) >= 11 is 1.38. The van der Waals surface area contributed by atoms with Gasteiger partial charge >= 0.3 is 0 Å². The number of rotatable bonds is 5. The Hall–Kier alpha value is -3.86. The summed E-state index contributed by atoms with van der Waals surface area (Å²) in [5.41, 5.74) is 3.77. The SMILES string of the molecule is Cc1ccc(S(=O)(=O)n2cc(-c3nc(-c4cccc([C@]5(O)CCN(C)C5=O)c4)cs3)c3nc(C)ccc32)cc1. The number of hydrogen-bond acceptors (Lipinski definition) is 7. The molecule has 0 spiro atoms. The van der Waals surface area contributed by atoms with Crippen LogP contribution in [0.3, 0.4) is 0 Å². The van der Waals surface area contributed by atoms with Gasteiger partial charge in [0.15, 0.2) is 5.60 Å². The molecule has 0 saturated carbocycles. The molecule has 39 heavy (non-hydrogen) atoms. The molecule has 198 valence electrons. The lowest BCUT2D eigenvalue weighted by Gasteiger charge is -2.21. The lowest BCUT2D eigenvalue weighted by atomic mass is 9.90. The predicted octanol–water partition coefficient (Wildman–Crippen LogP) is 4.73. The molecule has 0 unspecified atom stereocenters. The molecule has 1 aliphatic heterocycles. The van der Waals surface area contributed by atoms with Crippen LogP contribution in [0.1, 0.15) is 23.2 Å². The van der Waals surface area contributed by atoms with E-state index in [1.165, 1.54) is 20.2 Å². The number of amides is 1. The lowest BCUT2D eigenvalue weighted by molar-refractivity contribution is -0.143. The van der Waals surface area contributed by atoms with Crippen LogP contribution >= 0.6 is 11.3 Å². The van der Waals surface area contributed by atoms with Crippen LogP contribution < -0.4 is 0 Å². The highest BCUT2D eigenvalue weighted by Gasteiger charge is 2.45. The van der Waals surface area contributed by atoms with Crippen LogP contribution in [0.5, 0.6) is 0 Å². The van der Waals surface area contributed by atoms with Gasteiger partial charge in [0.25, 0.3) is 15.9 Å². The van der Waals surface area contributed by atoms with Gasteiger partial charge in [-0.25, -0.2) is 17.4 Å². The Bertz CT molecular complexity index is 1860. The second-order valence-corrected chi connectivity index (χ2v) is 12.6. The van der Waals surface area contributed by atoms with E-state index in [1.54, 1.807) is 67.8 Å². The maximum absolute atomic E-state index is 13.6. The Morgan fingerprint density at radius 1 is 1.03 bits per heavy atom. The summed E-state index contributed by atoms with van der Waals surface area (Å²) in [5.74, 6) is -0.317. The molecule has 1 saturated heterocycles. The monoisotopic (exact) mass is 558 g/mol. The Balaban J connectivity index is 1.44. The second kappa shape index (κ2) is 9.11. The van der Waals surface area contributed by atoms with Gasteiger partial charge in [-0.3, -0.25) is 9.78 Å². The van der Waals surface area contributed by atoms with Crippen molar-refractivity contribution in [3.05, 3.63) is 89.1 Å². The highest BCUT2D eigenvalue weighted by molar-refractivity contribution is 7.90. The fourth-order valence-corrected chi connectivity index (χ4v) is 7.14. The largest absolute Gasteiger partial charge is 0.375 e. The van der Waals surface area contributed by atoms with Gasteiger partial charge in [-0.1, -0.05) is 35.9 Å². The van der Waals surface area contributed by atoms with Crippen LogP contribution in [0.4, 0.5) is 0 Å². The van der Waals surface area contributed by atoms with Crippen LogP contribution in [-0.2, 0) is 20.4 Å². The molecule has 1 atom stereocenters. The van der Waals surface area contributed by atoms with E-state index in [0.29, 0.717) is 45.8 Å². The van der Waals surface area contributed by atoms with E-state index in [9.17, 15) is 18.3 Å². The zero-order chi connectivity index (χ0) is 27.5. The molecular weight excluding hydrogens is 532 g/mol. The molecule has 0 aliphatic carbocycles. The first-order chi connectivity index (χ1) is 18.6. The number of fused-ring (bicyclic) bond motifs is 1. The minimum absolute atomic E-state index is 0.193. The molecule has 0 bridgehead atoms. The van der Waals surface area contributed by atoms with Gasteiger partial charge in [0.05, 0.1) is 27.2 Å². The normalized spacial score (nSPS) is 17.8. The van der Waals surface area contributed by atoms with Gasteiger partial charge in [-0.05, 0) is 49.7 Å². The van der Waals surface area contributed by atoms with Crippen molar-refractivity contribution in [3.63, 3.8) is 0 Å². The van der Waals surface area contributed by atoms with Crippen molar-refractivity contribution in [2.75, 3.05) is 13.6 Å². The quantitative estimate of drug-likeness (QED) is 0.334. The highest BCUT2D eigenvalue weighted by Crippen LogP contribution is 2.38. The third kappa shape index (κ3) is 4.15. The topological polar surface area (TPSA) is 105 Å². The van der Waals surface area contributed by atoms with E-state index in [-0.39, 0.29) is 10.8 Å². The average molecular weight is 559 g/mol. The third-order valence-corrected chi connectivity index (χ3v) is 9.77. The molecule has 3 aromatic heterocycles. The smallest absolute Gasteiger partial charge is 0.268 e. The number of carbonyl (C=O) groups excluding carboxylic acids is 1. The van der Waals surface area contributed by atoms with Crippen molar-refractivity contribution in [3.8, 4) is 21.8 Å². The van der Waals surface area contributed by atoms with Crippen LogP contribution in [0.2, 0.25) is 0 Å². The first-order valence-electron chi connectivity index (χ1n) is 12.4. The maximum atomic E-state index is 13.6. The Morgan fingerprint density at radius 3 is 2.51 bits per heavy atom. The number of likely N-dealkylation sites (tertiary alicyclic amines) is 1. The van der Waals surface area contributed by atoms with E-state index in [4.69, 9.17) is 4.98 Å². The standard InChI is InChI=1S/C29H26N4O4S2/c1-18-7-10-22(11-8-18)39(36,37)33-16-23(26-25(33)12-9-19(2)30-26)27-31-24(17-38-27)20-5-4-6-21(15-20)29(35)13-14-32(3)28(29)34/h4-12,15-17,35H,13-14H2,1-3H3/t29-/m1/s1. The summed E-state index contributed by atoms with van der Waals surface area (Å²) in [6.45, 7) is 4.26. The average Bonchev–Trinajstić information content (AvgIpc) is 3.63. The van der Waals surface area contributed by atoms with Gasteiger partial charge < -0.3 is 10.0 Å². The minimum Gasteiger partial charge on any atom is -0.375 e. The van der Waals surface area contributed by atoms with Gasteiger partial charge in [0, 0.05) is 42.8 Å². The number of hydrogen-bond donors (Lipinski definition) is 1. The molecule has 5 aromatic rings. The van der Waals surface area contributed by atoms with Crippen LogP contribution in [0.25, 0.3) is 32.9 Å². The zero-order valence-electron chi connectivity index (χ0n) is 21.6. The molecule has 10 heteroatoms. The second-order valence-electron chi connectivity index (χ2n) is 9.93. The number of carbonyl (C=O) groups is 1. The van der Waals surface area contributed by atoms with E-state index in [2.05, 4.69) is 4.98 Å². The Morgan fingerprint density at radius 2 is 1.79 bits per heavy atom. The number of likely N-dealkylation sites (N-methyl/N-ethyl adjacent to an activating group) is 1.